The third-order valence-electron chi connectivity index (χ3n) is 4.71. The highest BCUT2D eigenvalue weighted by atomic mass is 16.5. The Balaban J connectivity index is 1.93. The number of benzene rings is 2. The molecule has 1 aromatic heterocycles. The molecule has 0 bridgehead atoms. The molecule has 6 nitrogen and oxygen atoms in total. The van der Waals surface area contributed by atoms with Crippen LogP contribution in [0.4, 0.5) is 0 Å². The summed E-state index contributed by atoms with van der Waals surface area (Å²) in [6, 6.07) is 10.9. The molecule has 0 spiro atoms. The monoisotopic (exact) mass is 363 g/mol. The fourth-order valence-corrected chi connectivity index (χ4v) is 3.38. The van der Waals surface area contributed by atoms with E-state index in [9.17, 15) is 9.59 Å². The third kappa shape index (κ3) is 2.49. The molecule has 0 fully saturated rings. The molecule has 0 aliphatic carbocycles. The van der Waals surface area contributed by atoms with Gasteiger partial charge in [-0.3, -0.25) is 9.59 Å². The summed E-state index contributed by atoms with van der Waals surface area (Å²) in [6.07, 6.45) is 1.83. The van der Waals surface area contributed by atoms with Crippen LogP contribution in [0.5, 0.6) is 17.2 Å². The van der Waals surface area contributed by atoms with Gasteiger partial charge in [-0.1, -0.05) is 6.07 Å². The Hall–Kier alpha value is -3.54. The predicted octanol–water partition coefficient (Wildman–Crippen LogP) is 3.12. The highest BCUT2D eigenvalue weighted by Crippen LogP contribution is 2.42. The number of rotatable bonds is 5. The van der Waals surface area contributed by atoms with Gasteiger partial charge in [0.2, 0.25) is 16.6 Å². The molecule has 1 heterocycles. The van der Waals surface area contributed by atoms with E-state index in [0.29, 0.717) is 39.5 Å². The van der Waals surface area contributed by atoms with Gasteiger partial charge in [0.25, 0.3) is 0 Å². The first kappa shape index (κ1) is 16.9. The molecule has 0 radical (unpaired) electrons. The van der Waals surface area contributed by atoms with E-state index in [1.165, 1.54) is 21.3 Å². The molecule has 0 saturated heterocycles. The first-order valence-electron chi connectivity index (χ1n) is 8.30. The summed E-state index contributed by atoms with van der Waals surface area (Å²) in [4.78, 5) is 27.8. The third-order valence-corrected chi connectivity index (χ3v) is 4.71. The van der Waals surface area contributed by atoms with Crippen molar-refractivity contribution in [2.24, 2.45) is 0 Å². The second-order valence-corrected chi connectivity index (χ2v) is 6.10. The van der Waals surface area contributed by atoms with Crippen LogP contribution >= 0.6 is 0 Å². The summed E-state index contributed by atoms with van der Waals surface area (Å²) in [6.45, 7) is 0. The molecule has 0 aliphatic rings. The van der Waals surface area contributed by atoms with E-state index >= 15 is 0 Å². The lowest BCUT2D eigenvalue weighted by atomic mass is 9.88. The minimum absolute atomic E-state index is 0.356. The summed E-state index contributed by atoms with van der Waals surface area (Å²) < 4.78 is 16.0. The SMILES string of the molecule is COc1cc(-c2c(-c3ccc4[nH]ccc4c3)c(=O)c2=O)cc(OC)c1OC. The van der Waals surface area contributed by atoms with Crippen LogP contribution in [0.3, 0.4) is 0 Å². The van der Waals surface area contributed by atoms with Crippen LogP contribution in [-0.4, -0.2) is 26.3 Å². The number of hydrogen-bond donors (Lipinski definition) is 1. The first-order valence-corrected chi connectivity index (χ1v) is 8.30. The first-order chi connectivity index (χ1) is 13.1. The van der Waals surface area contributed by atoms with Gasteiger partial charge in [0.1, 0.15) is 0 Å². The maximum absolute atomic E-state index is 12.4. The second-order valence-electron chi connectivity index (χ2n) is 6.10. The molecular formula is C21H17NO5. The summed E-state index contributed by atoms with van der Waals surface area (Å²) in [5, 5.41) is 0.969. The van der Waals surface area contributed by atoms with Gasteiger partial charge in [-0.15, -0.1) is 0 Å². The van der Waals surface area contributed by atoms with Crippen LogP contribution in [0.15, 0.2) is 52.2 Å². The number of methoxy groups -OCH3 is 3. The maximum atomic E-state index is 12.4. The minimum atomic E-state index is -0.520. The van der Waals surface area contributed by atoms with E-state index < -0.39 is 10.9 Å². The molecule has 3 aromatic carbocycles. The standard InChI is InChI=1S/C21H17NO5/c1-25-15-9-13(10-16(26-2)21(15)27-3)18-17(19(23)20(18)24)12-4-5-14-11(8-12)6-7-22-14/h4-10,22H,1-3H3. The van der Waals surface area contributed by atoms with Crippen molar-refractivity contribution in [2.75, 3.05) is 21.3 Å². The van der Waals surface area contributed by atoms with Crippen LogP contribution in [0, 0.1) is 0 Å². The largest absolute Gasteiger partial charge is 0.493 e. The van der Waals surface area contributed by atoms with Gasteiger partial charge in [0, 0.05) is 22.8 Å². The van der Waals surface area contributed by atoms with Crippen molar-refractivity contribution in [3.05, 3.63) is 63.0 Å². The lowest BCUT2D eigenvalue weighted by molar-refractivity contribution is 0.324. The fraction of sp³-hybridized carbons (Fsp3) is 0.143. The Morgan fingerprint density at radius 2 is 1.37 bits per heavy atom. The average Bonchev–Trinajstić information content (AvgIpc) is 3.17. The summed E-state index contributed by atoms with van der Waals surface area (Å²) >= 11 is 0. The Morgan fingerprint density at radius 1 is 0.741 bits per heavy atom. The van der Waals surface area contributed by atoms with Crippen molar-refractivity contribution >= 4 is 10.9 Å². The van der Waals surface area contributed by atoms with Gasteiger partial charge in [-0.05, 0) is 46.8 Å². The van der Waals surface area contributed by atoms with Crippen molar-refractivity contribution in [1.82, 2.24) is 4.98 Å². The molecule has 1 N–H and O–H groups in total. The molecule has 6 heteroatoms. The molecule has 136 valence electrons. The van der Waals surface area contributed by atoms with Crippen molar-refractivity contribution in [1.29, 1.82) is 0 Å². The number of fused-ring (bicyclic) bond motifs is 1. The van der Waals surface area contributed by atoms with Crippen molar-refractivity contribution in [3.8, 4) is 39.5 Å². The molecular weight excluding hydrogens is 346 g/mol. The van der Waals surface area contributed by atoms with Crippen LogP contribution in [0.2, 0.25) is 0 Å². The second kappa shape index (κ2) is 6.32. The zero-order chi connectivity index (χ0) is 19.1. The van der Waals surface area contributed by atoms with Gasteiger partial charge < -0.3 is 19.2 Å². The van der Waals surface area contributed by atoms with Crippen molar-refractivity contribution in [3.63, 3.8) is 0 Å². The normalized spacial score (nSPS) is 11.1. The highest BCUT2D eigenvalue weighted by molar-refractivity contribution is 5.92. The zero-order valence-corrected chi connectivity index (χ0v) is 15.1. The number of H-pyrrole nitrogens is 1. The number of hydrogen-bond acceptors (Lipinski definition) is 5. The van der Waals surface area contributed by atoms with Gasteiger partial charge >= 0.3 is 0 Å². The zero-order valence-electron chi connectivity index (χ0n) is 15.1. The van der Waals surface area contributed by atoms with Gasteiger partial charge in [-0.2, -0.15) is 0 Å². The number of aromatic nitrogens is 1. The van der Waals surface area contributed by atoms with E-state index in [4.69, 9.17) is 14.2 Å². The molecule has 0 unspecified atom stereocenters. The summed E-state index contributed by atoms with van der Waals surface area (Å²) in [5.74, 6) is 1.27. The van der Waals surface area contributed by atoms with E-state index in [1.54, 1.807) is 12.1 Å². The molecule has 0 amide bonds. The van der Waals surface area contributed by atoms with Crippen LogP contribution in [0.1, 0.15) is 0 Å². The van der Waals surface area contributed by atoms with Crippen LogP contribution in [-0.2, 0) is 0 Å². The Labute approximate surface area is 154 Å². The van der Waals surface area contributed by atoms with Gasteiger partial charge in [0.15, 0.2) is 11.5 Å². The van der Waals surface area contributed by atoms with E-state index in [0.717, 1.165) is 10.9 Å². The van der Waals surface area contributed by atoms with Gasteiger partial charge in [0.05, 0.1) is 21.3 Å². The van der Waals surface area contributed by atoms with Crippen molar-refractivity contribution < 1.29 is 14.2 Å². The van der Waals surface area contributed by atoms with Gasteiger partial charge in [-0.25, -0.2) is 0 Å². The van der Waals surface area contributed by atoms with E-state index in [-0.39, 0.29) is 0 Å². The molecule has 4 rings (SSSR count). The molecule has 0 atom stereocenters. The molecule has 0 aliphatic heterocycles. The quantitative estimate of drug-likeness (QED) is 0.551. The predicted molar refractivity (Wildman–Crippen MR) is 104 cm³/mol. The Kier molecular flexibility index (Phi) is 3.96. The van der Waals surface area contributed by atoms with Crippen LogP contribution < -0.4 is 25.1 Å². The highest BCUT2D eigenvalue weighted by Gasteiger charge is 2.26. The average molecular weight is 363 g/mol. The summed E-state index contributed by atoms with van der Waals surface area (Å²) in [5.41, 5.74) is 1.97. The Bertz CT molecular complexity index is 1200. The molecule has 4 aromatic rings. The molecule has 0 saturated carbocycles. The lowest BCUT2D eigenvalue weighted by Gasteiger charge is -2.16. The summed E-state index contributed by atoms with van der Waals surface area (Å²) in [7, 11) is 4.52. The number of nitrogens with one attached hydrogen (secondary N) is 1. The Morgan fingerprint density at radius 3 is 1.96 bits per heavy atom. The number of aromatic amines is 1. The molecule has 27 heavy (non-hydrogen) atoms. The number of ether oxygens (including phenoxy) is 3. The fourth-order valence-electron chi connectivity index (χ4n) is 3.38. The van der Waals surface area contributed by atoms with E-state index in [2.05, 4.69) is 4.98 Å². The topological polar surface area (TPSA) is 77.6 Å². The van der Waals surface area contributed by atoms with Crippen LogP contribution in [0.25, 0.3) is 33.2 Å². The minimum Gasteiger partial charge on any atom is -0.493 e. The smallest absolute Gasteiger partial charge is 0.234 e. The van der Waals surface area contributed by atoms with E-state index in [1.807, 2.05) is 30.5 Å². The maximum Gasteiger partial charge on any atom is 0.234 e. The lowest BCUT2D eigenvalue weighted by Crippen LogP contribution is -2.35. The van der Waals surface area contributed by atoms with Crippen molar-refractivity contribution in [2.45, 2.75) is 0 Å².